The van der Waals surface area contributed by atoms with Gasteiger partial charge in [0.2, 0.25) is 5.96 Å². The minimum absolute atomic E-state index is 0.127. The first-order chi connectivity index (χ1) is 9.08. The van der Waals surface area contributed by atoms with Crippen molar-refractivity contribution in [2.45, 2.75) is 6.36 Å². The van der Waals surface area contributed by atoms with E-state index in [0.717, 1.165) is 12.1 Å². The molecular weight excluding hydrogens is 458 g/mol. The lowest BCUT2D eigenvalue weighted by atomic mass is 10.3. The van der Waals surface area contributed by atoms with Gasteiger partial charge in [0, 0.05) is 10.5 Å². The van der Waals surface area contributed by atoms with Crippen LogP contribution in [0.25, 0.3) is 0 Å². The molecule has 0 heterocycles. The molecule has 1 rings (SSSR count). The molecule has 1 aromatic carbocycles. The average Bonchev–Trinajstić information content (AvgIpc) is 2.21. The maximum absolute atomic E-state index is 12.2. The molecule has 0 fully saturated rings. The number of aliphatic imine (C=N–C) groups is 2. The van der Waals surface area contributed by atoms with Crippen LogP contribution in [0.1, 0.15) is 0 Å². The van der Waals surface area contributed by atoms with E-state index in [1.807, 2.05) is 22.6 Å². The van der Waals surface area contributed by atoms with Crippen molar-refractivity contribution in [3.63, 3.8) is 0 Å². The smallest absolute Gasteiger partial charge is 0.406 e. The van der Waals surface area contributed by atoms with Gasteiger partial charge in [-0.25, -0.2) is 4.99 Å². The Labute approximate surface area is 133 Å². The minimum Gasteiger partial charge on any atom is -0.406 e. The quantitative estimate of drug-likeness (QED) is 0.353. The summed E-state index contributed by atoms with van der Waals surface area (Å²) in [5.74, 6) is -1.05. The van der Waals surface area contributed by atoms with Crippen LogP contribution in [0.5, 0.6) is 5.75 Å². The highest BCUT2D eigenvalue weighted by Gasteiger charge is 2.31. The van der Waals surface area contributed by atoms with Gasteiger partial charge in [0.15, 0.2) is 5.96 Å². The summed E-state index contributed by atoms with van der Waals surface area (Å²) in [7, 11) is 0. The fourth-order valence-corrected chi connectivity index (χ4v) is 1.97. The van der Waals surface area contributed by atoms with Crippen LogP contribution >= 0.6 is 38.5 Å². The summed E-state index contributed by atoms with van der Waals surface area (Å²) in [5.41, 5.74) is 15.8. The Morgan fingerprint density at radius 1 is 1.25 bits per heavy atom. The number of halogens is 5. The zero-order valence-electron chi connectivity index (χ0n) is 9.58. The summed E-state index contributed by atoms with van der Waals surface area (Å²) < 4.78 is 41.2. The number of nitrogens with zero attached hydrogens (tertiary/aromatic N) is 2. The van der Waals surface area contributed by atoms with Crippen molar-refractivity contribution in [2.24, 2.45) is 27.2 Å². The van der Waals surface area contributed by atoms with Gasteiger partial charge in [-0.15, -0.1) is 13.2 Å². The molecule has 0 amide bonds. The van der Waals surface area contributed by atoms with E-state index < -0.39 is 12.1 Å². The van der Waals surface area contributed by atoms with Crippen LogP contribution in [-0.2, 0) is 0 Å². The molecular formula is C9H8BrF3IN5O. The lowest BCUT2D eigenvalue weighted by Crippen LogP contribution is -2.26. The number of benzene rings is 1. The monoisotopic (exact) mass is 465 g/mol. The van der Waals surface area contributed by atoms with Crippen molar-refractivity contribution in [1.82, 2.24) is 0 Å². The van der Waals surface area contributed by atoms with Gasteiger partial charge < -0.3 is 21.9 Å². The van der Waals surface area contributed by atoms with E-state index in [9.17, 15) is 13.2 Å². The highest BCUT2D eigenvalue weighted by atomic mass is 127. The van der Waals surface area contributed by atoms with Crippen molar-refractivity contribution in [3.05, 3.63) is 20.2 Å². The zero-order chi connectivity index (χ0) is 15.5. The number of ether oxygens (including phenoxy) is 1. The van der Waals surface area contributed by atoms with E-state index >= 15 is 0 Å². The van der Waals surface area contributed by atoms with Crippen molar-refractivity contribution in [2.75, 3.05) is 0 Å². The van der Waals surface area contributed by atoms with Crippen molar-refractivity contribution < 1.29 is 17.9 Å². The molecule has 0 unspecified atom stereocenters. The van der Waals surface area contributed by atoms with E-state index in [0.29, 0.717) is 8.04 Å². The summed E-state index contributed by atoms with van der Waals surface area (Å²) in [6.45, 7) is 0. The van der Waals surface area contributed by atoms with Gasteiger partial charge in [-0.2, -0.15) is 4.99 Å². The molecule has 0 saturated carbocycles. The second kappa shape index (κ2) is 6.47. The lowest BCUT2D eigenvalue weighted by molar-refractivity contribution is -0.274. The van der Waals surface area contributed by atoms with Gasteiger partial charge in [-0.05, 0) is 44.6 Å². The summed E-state index contributed by atoms with van der Waals surface area (Å²) in [6.07, 6.45) is -4.81. The number of hydrogen-bond acceptors (Lipinski definition) is 2. The maximum Gasteiger partial charge on any atom is 0.573 e. The molecule has 0 aliphatic heterocycles. The molecule has 0 radical (unpaired) electrons. The Kier molecular flexibility index (Phi) is 5.44. The van der Waals surface area contributed by atoms with E-state index in [2.05, 4.69) is 30.7 Å². The molecule has 0 saturated heterocycles. The summed E-state index contributed by atoms with van der Waals surface area (Å²) in [5, 5.41) is 0. The molecule has 1 aromatic rings. The fraction of sp³-hybridized carbons (Fsp3) is 0.111. The number of alkyl halides is 3. The summed E-state index contributed by atoms with van der Waals surface area (Å²) >= 11 is 4.96. The highest BCUT2D eigenvalue weighted by molar-refractivity contribution is 14.1. The molecule has 0 spiro atoms. The molecule has 20 heavy (non-hydrogen) atoms. The standard InChI is InChI=1S/C9H8BrF3IN5O/c10-4-1-3(20-9(11,12)13)2-5(6(4)14)18-8(17)19-7(15)16/h1-2H,(H6,15,16,17,18,19). The Morgan fingerprint density at radius 3 is 2.35 bits per heavy atom. The van der Waals surface area contributed by atoms with Gasteiger partial charge in [0.1, 0.15) is 5.75 Å². The first-order valence-corrected chi connectivity index (χ1v) is 6.64. The molecule has 110 valence electrons. The molecule has 0 aromatic heterocycles. The maximum atomic E-state index is 12.2. The topological polar surface area (TPSA) is 112 Å². The third kappa shape index (κ3) is 5.40. The van der Waals surface area contributed by atoms with Gasteiger partial charge in [0.25, 0.3) is 0 Å². The third-order valence-electron chi connectivity index (χ3n) is 1.69. The second-order valence-corrected chi connectivity index (χ2v) is 5.23. The van der Waals surface area contributed by atoms with Crippen LogP contribution in [0.3, 0.4) is 0 Å². The first kappa shape index (κ1) is 16.8. The van der Waals surface area contributed by atoms with Gasteiger partial charge in [-0.1, -0.05) is 0 Å². The third-order valence-corrected chi connectivity index (χ3v) is 4.20. The predicted molar refractivity (Wildman–Crippen MR) is 80.6 cm³/mol. The Morgan fingerprint density at radius 2 is 1.85 bits per heavy atom. The predicted octanol–water partition coefficient (Wildman–Crippen LogP) is 2.17. The average molecular weight is 466 g/mol. The van der Waals surface area contributed by atoms with E-state index in [1.165, 1.54) is 0 Å². The molecule has 0 aliphatic rings. The van der Waals surface area contributed by atoms with Gasteiger partial charge >= 0.3 is 6.36 Å². The first-order valence-electron chi connectivity index (χ1n) is 4.77. The fourth-order valence-electron chi connectivity index (χ4n) is 1.10. The molecule has 6 nitrogen and oxygen atoms in total. The van der Waals surface area contributed by atoms with Crippen LogP contribution < -0.4 is 21.9 Å². The minimum atomic E-state index is -4.81. The van der Waals surface area contributed by atoms with Crippen LogP contribution in [0, 0.1) is 3.57 Å². The Bertz CT molecular complexity index is 571. The van der Waals surface area contributed by atoms with Gasteiger partial charge in [0.05, 0.1) is 9.26 Å². The van der Waals surface area contributed by atoms with Crippen molar-refractivity contribution in [3.8, 4) is 5.75 Å². The normalized spacial score (nSPS) is 12.2. The number of rotatable bonds is 2. The number of nitrogens with two attached hydrogens (primary N) is 3. The van der Waals surface area contributed by atoms with Gasteiger partial charge in [-0.3, -0.25) is 0 Å². The lowest BCUT2D eigenvalue weighted by Gasteiger charge is -2.11. The summed E-state index contributed by atoms with van der Waals surface area (Å²) in [4.78, 5) is 7.28. The zero-order valence-corrected chi connectivity index (χ0v) is 13.3. The number of hydrogen-bond donors (Lipinski definition) is 3. The second-order valence-electron chi connectivity index (χ2n) is 3.29. The van der Waals surface area contributed by atoms with E-state index in [1.54, 1.807) is 0 Å². The molecule has 11 heteroatoms. The van der Waals surface area contributed by atoms with Crippen LogP contribution in [0.4, 0.5) is 18.9 Å². The number of guanidine groups is 2. The molecule has 0 aliphatic carbocycles. The van der Waals surface area contributed by atoms with Crippen molar-refractivity contribution in [1.29, 1.82) is 0 Å². The van der Waals surface area contributed by atoms with Crippen LogP contribution in [-0.4, -0.2) is 18.3 Å². The van der Waals surface area contributed by atoms with Crippen LogP contribution in [0.2, 0.25) is 0 Å². The Balaban J connectivity index is 3.23. The SMILES string of the molecule is NC(N)=NC(N)=Nc1cc(OC(F)(F)F)cc(Br)c1I. The molecule has 6 N–H and O–H groups in total. The summed E-state index contributed by atoms with van der Waals surface area (Å²) in [6, 6.07) is 2.22. The van der Waals surface area contributed by atoms with E-state index in [4.69, 9.17) is 17.2 Å². The van der Waals surface area contributed by atoms with Crippen molar-refractivity contribution >= 4 is 56.1 Å². The van der Waals surface area contributed by atoms with Crippen LogP contribution in [0.15, 0.2) is 26.6 Å². The largest absolute Gasteiger partial charge is 0.573 e. The molecule has 0 bridgehead atoms. The van der Waals surface area contributed by atoms with E-state index in [-0.39, 0.29) is 17.6 Å². The molecule has 0 atom stereocenters. The highest BCUT2D eigenvalue weighted by Crippen LogP contribution is 2.35. The Hall–Kier alpha value is -1.24.